The molecule has 1 N–H and O–H groups in total. The van der Waals surface area contributed by atoms with Crippen molar-refractivity contribution < 1.29 is 19.3 Å². The maximum absolute atomic E-state index is 10.0. The van der Waals surface area contributed by atoms with Crippen LogP contribution in [-0.4, -0.2) is 41.2 Å². The van der Waals surface area contributed by atoms with E-state index >= 15 is 0 Å². The molecule has 7 heteroatoms. The molecule has 0 saturated heterocycles. The van der Waals surface area contributed by atoms with Gasteiger partial charge in [-0.15, -0.1) is 0 Å². The van der Waals surface area contributed by atoms with Crippen molar-refractivity contribution >= 4 is 12.2 Å². The van der Waals surface area contributed by atoms with Gasteiger partial charge in [0.15, 0.2) is 23.1 Å². The van der Waals surface area contributed by atoms with Crippen LogP contribution in [0.3, 0.4) is 0 Å². The van der Waals surface area contributed by atoms with Gasteiger partial charge < -0.3 is 19.3 Å². The zero-order chi connectivity index (χ0) is 19.4. The largest absolute Gasteiger partial charge is 0.507 e. The Hall–Kier alpha value is -3.48. The fourth-order valence-corrected chi connectivity index (χ4v) is 2.74. The third kappa shape index (κ3) is 3.72. The van der Waals surface area contributed by atoms with Gasteiger partial charge in [0.05, 0.1) is 26.9 Å². The van der Waals surface area contributed by atoms with Crippen molar-refractivity contribution in [1.82, 2.24) is 14.8 Å². The highest BCUT2D eigenvalue weighted by molar-refractivity contribution is 5.72. The number of hydrogen-bond donors (Lipinski definition) is 1. The molecule has 2 aromatic carbocycles. The fourth-order valence-electron chi connectivity index (χ4n) is 2.74. The molecule has 0 aliphatic carbocycles. The lowest BCUT2D eigenvalue weighted by atomic mass is 10.1. The molecule has 0 fully saturated rings. The summed E-state index contributed by atoms with van der Waals surface area (Å²) in [6.07, 6.45) is 3.64. The minimum absolute atomic E-state index is 0.160. The number of nitrogens with zero attached hydrogens (tertiary/aromatic N) is 3. The van der Waals surface area contributed by atoms with E-state index in [1.54, 1.807) is 57.3 Å². The molecule has 0 aliphatic heterocycles. The Balaban J connectivity index is 1.93. The number of phenolic OH excluding ortho intramolecular Hbond substituents is 1. The van der Waals surface area contributed by atoms with Gasteiger partial charge in [0.25, 0.3) is 0 Å². The van der Waals surface area contributed by atoms with Crippen LogP contribution in [0.15, 0.2) is 36.4 Å². The summed E-state index contributed by atoms with van der Waals surface area (Å²) in [6, 6.07) is 10.7. The molecule has 27 heavy (non-hydrogen) atoms. The van der Waals surface area contributed by atoms with Gasteiger partial charge in [0.2, 0.25) is 5.75 Å². The summed E-state index contributed by atoms with van der Waals surface area (Å²) in [7, 11) is 6.49. The lowest BCUT2D eigenvalue weighted by Crippen LogP contribution is -1.95. The Labute approximate surface area is 157 Å². The molecular weight excluding hydrogens is 346 g/mol. The molecule has 3 aromatic rings. The van der Waals surface area contributed by atoms with E-state index in [1.165, 1.54) is 0 Å². The van der Waals surface area contributed by atoms with Crippen molar-refractivity contribution in [2.24, 2.45) is 7.05 Å². The molecule has 0 saturated carbocycles. The van der Waals surface area contributed by atoms with Crippen LogP contribution in [0, 0.1) is 0 Å². The second-order valence-electron chi connectivity index (χ2n) is 5.73. The SMILES string of the molecule is COc1cc(/C=C/c2nc(-c3ccccc3O)n(C)n2)cc(OC)c1OC. The van der Waals surface area contributed by atoms with Crippen LogP contribution in [0.1, 0.15) is 11.4 Å². The van der Waals surface area contributed by atoms with Crippen molar-refractivity contribution in [3.05, 3.63) is 47.8 Å². The van der Waals surface area contributed by atoms with E-state index in [-0.39, 0.29) is 5.75 Å². The summed E-state index contributed by atoms with van der Waals surface area (Å²) in [5, 5.41) is 14.4. The molecule has 1 aromatic heterocycles. The van der Waals surface area contributed by atoms with E-state index in [0.717, 1.165) is 5.56 Å². The molecule has 1 heterocycles. The summed E-state index contributed by atoms with van der Waals surface area (Å²) in [6.45, 7) is 0. The summed E-state index contributed by atoms with van der Waals surface area (Å²) < 4.78 is 17.7. The van der Waals surface area contributed by atoms with Crippen molar-refractivity contribution in [1.29, 1.82) is 0 Å². The molecule has 0 bridgehead atoms. The van der Waals surface area contributed by atoms with Crippen molar-refractivity contribution in [2.45, 2.75) is 0 Å². The van der Waals surface area contributed by atoms with Gasteiger partial charge >= 0.3 is 0 Å². The Morgan fingerprint density at radius 2 is 1.63 bits per heavy atom. The minimum Gasteiger partial charge on any atom is -0.507 e. The molecule has 0 amide bonds. The number of hydrogen-bond acceptors (Lipinski definition) is 6. The number of ether oxygens (including phenoxy) is 3. The van der Waals surface area contributed by atoms with E-state index in [0.29, 0.717) is 34.5 Å². The van der Waals surface area contributed by atoms with E-state index < -0.39 is 0 Å². The van der Waals surface area contributed by atoms with E-state index in [4.69, 9.17) is 14.2 Å². The smallest absolute Gasteiger partial charge is 0.203 e. The van der Waals surface area contributed by atoms with Crippen LogP contribution in [0.4, 0.5) is 0 Å². The fraction of sp³-hybridized carbons (Fsp3) is 0.200. The Kier molecular flexibility index (Phi) is 5.30. The van der Waals surface area contributed by atoms with Crippen LogP contribution < -0.4 is 14.2 Å². The topological polar surface area (TPSA) is 78.6 Å². The van der Waals surface area contributed by atoms with Crippen LogP contribution >= 0.6 is 0 Å². The van der Waals surface area contributed by atoms with Gasteiger partial charge in [0, 0.05) is 7.05 Å². The Morgan fingerprint density at radius 3 is 2.22 bits per heavy atom. The zero-order valence-electron chi connectivity index (χ0n) is 15.6. The maximum atomic E-state index is 10.0. The van der Waals surface area contributed by atoms with Gasteiger partial charge in [0.1, 0.15) is 5.75 Å². The van der Waals surface area contributed by atoms with Gasteiger partial charge in [-0.05, 0) is 35.9 Å². The normalized spacial score (nSPS) is 11.0. The zero-order valence-corrected chi connectivity index (χ0v) is 15.6. The number of aromatic nitrogens is 3. The highest BCUT2D eigenvalue weighted by atomic mass is 16.5. The van der Waals surface area contributed by atoms with Crippen LogP contribution in [0.2, 0.25) is 0 Å². The number of benzene rings is 2. The summed E-state index contributed by atoms with van der Waals surface area (Å²) >= 11 is 0. The van der Waals surface area contributed by atoms with E-state index in [9.17, 15) is 5.11 Å². The second kappa shape index (κ2) is 7.82. The average Bonchev–Trinajstić information content (AvgIpc) is 3.06. The monoisotopic (exact) mass is 367 g/mol. The first-order valence-electron chi connectivity index (χ1n) is 8.25. The summed E-state index contributed by atoms with van der Waals surface area (Å²) in [4.78, 5) is 4.49. The molecule has 0 atom stereocenters. The number of para-hydroxylation sites is 1. The van der Waals surface area contributed by atoms with E-state index in [1.807, 2.05) is 24.3 Å². The maximum Gasteiger partial charge on any atom is 0.203 e. The molecule has 3 rings (SSSR count). The number of aromatic hydroxyl groups is 1. The number of aryl methyl sites for hydroxylation is 1. The first-order valence-corrected chi connectivity index (χ1v) is 8.25. The Bertz CT molecular complexity index is 954. The van der Waals surface area contributed by atoms with Gasteiger partial charge in [-0.1, -0.05) is 18.2 Å². The molecule has 7 nitrogen and oxygen atoms in total. The third-order valence-electron chi connectivity index (χ3n) is 4.04. The first kappa shape index (κ1) is 18.3. The van der Waals surface area contributed by atoms with Crippen molar-refractivity contribution in [2.75, 3.05) is 21.3 Å². The third-order valence-corrected chi connectivity index (χ3v) is 4.04. The molecular formula is C20H21N3O4. The lowest BCUT2D eigenvalue weighted by molar-refractivity contribution is 0.324. The molecule has 0 aliphatic rings. The standard InChI is InChI=1S/C20H21N3O4/c1-23-20(14-7-5-6-8-15(14)24)21-18(22-23)10-9-13-11-16(25-2)19(27-4)17(12-13)26-3/h5-12,24H,1-4H3/b10-9+. The van der Waals surface area contributed by atoms with Crippen LogP contribution in [0.5, 0.6) is 23.0 Å². The molecule has 0 radical (unpaired) electrons. The first-order chi connectivity index (χ1) is 13.1. The molecule has 140 valence electrons. The van der Waals surface area contributed by atoms with Crippen LogP contribution in [-0.2, 0) is 7.05 Å². The van der Waals surface area contributed by atoms with Gasteiger partial charge in [-0.25, -0.2) is 9.67 Å². The van der Waals surface area contributed by atoms with Gasteiger partial charge in [-0.3, -0.25) is 0 Å². The molecule has 0 unspecified atom stereocenters. The predicted molar refractivity (Wildman–Crippen MR) is 103 cm³/mol. The Morgan fingerprint density at radius 1 is 0.963 bits per heavy atom. The number of rotatable bonds is 6. The van der Waals surface area contributed by atoms with Gasteiger partial charge in [-0.2, -0.15) is 5.10 Å². The molecule has 0 spiro atoms. The lowest BCUT2D eigenvalue weighted by Gasteiger charge is -2.12. The number of phenols is 1. The highest BCUT2D eigenvalue weighted by Gasteiger charge is 2.13. The number of methoxy groups -OCH3 is 3. The summed E-state index contributed by atoms with van der Waals surface area (Å²) in [5.74, 6) is 2.94. The predicted octanol–water partition coefficient (Wildman–Crippen LogP) is 3.38. The van der Waals surface area contributed by atoms with Crippen LogP contribution in [0.25, 0.3) is 23.5 Å². The minimum atomic E-state index is 0.160. The van der Waals surface area contributed by atoms with Crippen molar-refractivity contribution in [3.8, 4) is 34.4 Å². The quantitative estimate of drug-likeness (QED) is 0.720. The second-order valence-corrected chi connectivity index (χ2v) is 5.73. The highest BCUT2D eigenvalue weighted by Crippen LogP contribution is 2.38. The summed E-state index contributed by atoms with van der Waals surface area (Å²) in [5.41, 5.74) is 1.47. The van der Waals surface area contributed by atoms with Crippen molar-refractivity contribution in [3.63, 3.8) is 0 Å². The van der Waals surface area contributed by atoms with E-state index in [2.05, 4.69) is 10.1 Å². The average molecular weight is 367 g/mol.